The highest BCUT2D eigenvalue weighted by molar-refractivity contribution is 5.85. The molecule has 0 bridgehead atoms. The van der Waals surface area contributed by atoms with Crippen molar-refractivity contribution in [2.45, 2.75) is 26.3 Å². The Bertz CT molecular complexity index is 244. The fourth-order valence-corrected chi connectivity index (χ4v) is 0.898. The van der Waals surface area contributed by atoms with E-state index in [0.29, 0.717) is 0 Å². The molecule has 5 nitrogen and oxygen atoms in total. The topological polar surface area (TPSA) is 96.0 Å². The van der Waals surface area contributed by atoms with Crippen molar-refractivity contribution in [2.75, 3.05) is 0 Å². The Kier molecular flexibility index (Phi) is 4.52. The summed E-state index contributed by atoms with van der Waals surface area (Å²) in [7, 11) is 0. The van der Waals surface area contributed by atoms with E-state index in [4.69, 9.17) is 11.0 Å². The lowest BCUT2D eigenvalue weighted by Crippen LogP contribution is -2.44. The second-order valence-corrected chi connectivity index (χ2v) is 2.92. The highest BCUT2D eigenvalue weighted by Gasteiger charge is 2.18. The van der Waals surface area contributed by atoms with Gasteiger partial charge < -0.3 is 11.1 Å². The number of amides is 2. The maximum absolute atomic E-state index is 10.8. The first kappa shape index (κ1) is 11.4. The summed E-state index contributed by atoms with van der Waals surface area (Å²) in [6.07, 6.45) is 0.255. The van der Waals surface area contributed by atoms with Gasteiger partial charge in [-0.25, -0.2) is 0 Å². The highest BCUT2D eigenvalue weighted by atomic mass is 16.2. The van der Waals surface area contributed by atoms with Crippen molar-refractivity contribution >= 4 is 11.8 Å². The van der Waals surface area contributed by atoms with Crippen LogP contribution in [0, 0.1) is 17.2 Å². The number of carbonyl (C=O) groups is 2. The van der Waals surface area contributed by atoms with E-state index in [-0.39, 0.29) is 18.2 Å². The van der Waals surface area contributed by atoms with Gasteiger partial charge in [-0.05, 0) is 13.3 Å². The Balaban J connectivity index is 4.20. The summed E-state index contributed by atoms with van der Waals surface area (Å²) < 4.78 is 0. The summed E-state index contributed by atoms with van der Waals surface area (Å²) in [5.74, 6) is -1.24. The van der Waals surface area contributed by atoms with Gasteiger partial charge in [0.2, 0.25) is 11.8 Å². The molecule has 0 aliphatic heterocycles. The molecule has 0 rings (SSSR count). The Hall–Kier alpha value is -1.57. The van der Waals surface area contributed by atoms with Gasteiger partial charge in [-0.1, -0.05) is 0 Å². The minimum Gasteiger partial charge on any atom is -0.368 e. The molecule has 0 saturated carbocycles. The minimum atomic E-state index is -0.743. The molecular formula is C8H13N3O2. The van der Waals surface area contributed by atoms with E-state index in [9.17, 15) is 9.59 Å². The molecule has 0 aromatic heterocycles. The smallest absolute Gasteiger partial charge is 0.240 e. The zero-order chi connectivity index (χ0) is 10.4. The van der Waals surface area contributed by atoms with E-state index in [0.717, 1.165) is 0 Å². The van der Waals surface area contributed by atoms with Crippen molar-refractivity contribution in [1.82, 2.24) is 5.32 Å². The van der Waals surface area contributed by atoms with Crippen LogP contribution in [-0.2, 0) is 9.59 Å². The Morgan fingerprint density at radius 2 is 2.15 bits per heavy atom. The van der Waals surface area contributed by atoms with Gasteiger partial charge in [0.1, 0.15) is 6.04 Å². The minimum absolute atomic E-state index is 0.255. The molecule has 0 fully saturated rings. The Morgan fingerprint density at radius 1 is 1.62 bits per heavy atom. The highest BCUT2D eigenvalue weighted by Crippen LogP contribution is 2.03. The fourth-order valence-electron chi connectivity index (χ4n) is 0.898. The van der Waals surface area contributed by atoms with E-state index < -0.39 is 11.9 Å². The van der Waals surface area contributed by atoms with Crippen LogP contribution in [0.3, 0.4) is 0 Å². The summed E-state index contributed by atoms with van der Waals surface area (Å²) in [5.41, 5.74) is 5.02. The van der Waals surface area contributed by atoms with Crippen LogP contribution >= 0.6 is 0 Å². The van der Waals surface area contributed by atoms with E-state index >= 15 is 0 Å². The predicted octanol–water partition coefficient (Wildman–Crippen LogP) is -0.474. The van der Waals surface area contributed by atoms with Gasteiger partial charge in [-0.15, -0.1) is 0 Å². The number of carbonyl (C=O) groups excluding carboxylic acids is 2. The van der Waals surface area contributed by atoms with Gasteiger partial charge in [-0.2, -0.15) is 5.26 Å². The fraction of sp³-hybridized carbons (Fsp3) is 0.625. The molecule has 0 aliphatic rings. The Labute approximate surface area is 76.9 Å². The second-order valence-electron chi connectivity index (χ2n) is 2.92. The number of primary amides is 1. The molecule has 0 aromatic rings. The standard InChI is InChI=1S/C8H13N3O2/c1-5(4-9)3-7(8(10)13)11-6(2)12/h5,7H,3H2,1-2H3,(H2,10,13)(H,11,12)/t5-,7-/m1/s1. The first-order valence-electron chi connectivity index (χ1n) is 3.93. The molecule has 0 saturated heterocycles. The third kappa shape index (κ3) is 4.80. The monoisotopic (exact) mass is 183 g/mol. The summed E-state index contributed by atoms with van der Waals surface area (Å²) >= 11 is 0. The first-order valence-corrected chi connectivity index (χ1v) is 3.93. The van der Waals surface area contributed by atoms with Gasteiger partial charge in [0.25, 0.3) is 0 Å². The molecule has 13 heavy (non-hydrogen) atoms. The quantitative estimate of drug-likeness (QED) is 0.616. The van der Waals surface area contributed by atoms with E-state index in [1.54, 1.807) is 6.92 Å². The van der Waals surface area contributed by atoms with Gasteiger partial charge in [0.05, 0.1) is 6.07 Å². The number of nitrogens with two attached hydrogens (primary N) is 1. The average Bonchev–Trinajstić information content (AvgIpc) is 2.02. The zero-order valence-electron chi connectivity index (χ0n) is 7.70. The maximum atomic E-state index is 10.8. The summed E-state index contributed by atoms with van der Waals surface area (Å²) in [5, 5.41) is 10.9. The molecular weight excluding hydrogens is 170 g/mol. The predicted molar refractivity (Wildman–Crippen MR) is 46.2 cm³/mol. The maximum Gasteiger partial charge on any atom is 0.240 e. The van der Waals surface area contributed by atoms with E-state index in [1.165, 1.54) is 6.92 Å². The van der Waals surface area contributed by atoms with Crippen molar-refractivity contribution in [3.05, 3.63) is 0 Å². The summed E-state index contributed by atoms with van der Waals surface area (Å²) in [6, 6.07) is 1.22. The van der Waals surface area contributed by atoms with E-state index in [1.807, 2.05) is 6.07 Å². The van der Waals surface area contributed by atoms with Crippen LogP contribution in [0.2, 0.25) is 0 Å². The third-order valence-electron chi connectivity index (χ3n) is 1.53. The van der Waals surface area contributed by atoms with Crippen molar-refractivity contribution < 1.29 is 9.59 Å². The van der Waals surface area contributed by atoms with Crippen LogP contribution in [0.25, 0.3) is 0 Å². The molecule has 72 valence electrons. The average molecular weight is 183 g/mol. The summed E-state index contributed by atoms with van der Waals surface area (Å²) in [4.78, 5) is 21.4. The van der Waals surface area contributed by atoms with Crippen molar-refractivity contribution in [3.63, 3.8) is 0 Å². The number of hydrogen-bond donors (Lipinski definition) is 2. The SMILES string of the molecule is CC(=O)N[C@H](C[C@@H](C)C#N)C(N)=O. The lowest BCUT2D eigenvalue weighted by molar-refractivity contribution is -0.126. The number of hydrogen-bond acceptors (Lipinski definition) is 3. The lowest BCUT2D eigenvalue weighted by atomic mass is 10.0. The van der Waals surface area contributed by atoms with Gasteiger partial charge >= 0.3 is 0 Å². The van der Waals surface area contributed by atoms with Crippen molar-refractivity contribution in [2.24, 2.45) is 11.7 Å². The largest absolute Gasteiger partial charge is 0.368 e. The second kappa shape index (κ2) is 5.14. The summed E-state index contributed by atoms with van der Waals surface area (Å²) in [6.45, 7) is 2.96. The molecule has 2 amide bonds. The van der Waals surface area contributed by atoms with Gasteiger partial charge in [0, 0.05) is 12.8 Å². The molecule has 0 radical (unpaired) electrons. The lowest BCUT2D eigenvalue weighted by Gasteiger charge is -2.14. The number of nitriles is 1. The number of rotatable bonds is 4. The molecule has 3 N–H and O–H groups in total. The first-order chi connectivity index (χ1) is 5.97. The van der Waals surface area contributed by atoms with Crippen LogP contribution in [0.1, 0.15) is 20.3 Å². The van der Waals surface area contributed by atoms with Crippen LogP contribution in [0.5, 0.6) is 0 Å². The number of nitrogens with zero attached hydrogens (tertiary/aromatic N) is 1. The molecule has 0 spiro atoms. The molecule has 0 aromatic carbocycles. The third-order valence-corrected chi connectivity index (χ3v) is 1.53. The van der Waals surface area contributed by atoms with Crippen LogP contribution in [0.15, 0.2) is 0 Å². The molecule has 5 heteroatoms. The van der Waals surface area contributed by atoms with Crippen LogP contribution in [0.4, 0.5) is 0 Å². The molecule has 0 heterocycles. The van der Waals surface area contributed by atoms with Crippen molar-refractivity contribution in [1.29, 1.82) is 5.26 Å². The molecule has 2 atom stereocenters. The number of nitrogens with one attached hydrogen (secondary N) is 1. The van der Waals surface area contributed by atoms with Gasteiger partial charge in [-0.3, -0.25) is 9.59 Å². The molecule has 0 unspecified atom stereocenters. The van der Waals surface area contributed by atoms with E-state index in [2.05, 4.69) is 5.32 Å². The van der Waals surface area contributed by atoms with Crippen LogP contribution < -0.4 is 11.1 Å². The van der Waals surface area contributed by atoms with Crippen molar-refractivity contribution in [3.8, 4) is 6.07 Å². The Morgan fingerprint density at radius 3 is 2.46 bits per heavy atom. The normalized spacial score (nSPS) is 13.9. The molecule has 0 aliphatic carbocycles. The zero-order valence-corrected chi connectivity index (χ0v) is 7.70. The van der Waals surface area contributed by atoms with Gasteiger partial charge in [0.15, 0.2) is 0 Å². The van der Waals surface area contributed by atoms with Crippen LogP contribution in [-0.4, -0.2) is 17.9 Å².